The molecule has 1 aromatic rings. The third-order valence-corrected chi connectivity index (χ3v) is 5.40. The van der Waals surface area contributed by atoms with Crippen LogP contribution in [0, 0.1) is 0 Å². The van der Waals surface area contributed by atoms with Crippen molar-refractivity contribution in [3.63, 3.8) is 0 Å². The highest BCUT2D eigenvalue weighted by Crippen LogP contribution is 2.23. The minimum Gasteiger partial charge on any atom is -0.398 e. The average Bonchev–Trinajstić information content (AvgIpc) is 2.71. The standard InChI is InChI=1S/C12H15ClN2O3S/c1-15(9-4-5-19(17,18)7-9)12(16)8-2-3-11(14)10(13)6-8/h2-3,6,9H,4-5,7,14H2,1H3. The number of sulfone groups is 1. The van der Waals surface area contributed by atoms with E-state index in [2.05, 4.69) is 0 Å². The molecule has 1 fully saturated rings. The molecule has 0 radical (unpaired) electrons. The van der Waals surface area contributed by atoms with E-state index in [9.17, 15) is 13.2 Å². The van der Waals surface area contributed by atoms with Crippen molar-refractivity contribution in [3.05, 3.63) is 28.8 Å². The smallest absolute Gasteiger partial charge is 0.253 e. The summed E-state index contributed by atoms with van der Waals surface area (Å²) in [4.78, 5) is 13.7. The number of benzene rings is 1. The summed E-state index contributed by atoms with van der Waals surface area (Å²) in [6.07, 6.45) is 0.479. The molecule has 1 aliphatic rings. The number of rotatable bonds is 2. The second-order valence-corrected chi connectivity index (χ2v) is 7.35. The number of hydrogen-bond acceptors (Lipinski definition) is 4. The molecular weight excluding hydrogens is 288 g/mol. The Kier molecular flexibility index (Phi) is 3.73. The predicted molar refractivity (Wildman–Crippen MR) is 75.0 cm³/mol. The van der Waals surface area contributed by atoms with Gasteiger partial charge in [-0.2, -0.15) is 0 Å². The monoisotopic (exact) mass is 302 g/mol. The Labute approximate surface area is 117 Å². The SMILES string of the molecule is CN(C(=O)c1ccc(N)c(Cl)c1)C1CCS(=O)(=O)C1. The van der Waals surface area contributed by atoms with Crippen LogP contribution >= 0.6 is 11.6 Å². The van der Waals surface area contributed by atoms with E-state index in [1.54, 1.807) is 19.2 Å². The highest BCUT2D eigenvalue weighted by atomic mass is 35.5. The van der Waals surface area contributed by atoms with Gasteiger partial charge in [-0.05, 0) is 24.6 Å². The van der Waals surface area contributed by atoms with Crippen molar-refractivity contribution in [2.24, 2.45) is 0 Å². The summed E-state index contributed by atoms with van der Waals surface area (Å²) in [5.41, 5.74) is 6.40. The van der Waals surface area contributed by atoms with E-state index in [4.69, 9.17) is 17.3 Å². The molecule has 5 nitrogen and oxygen atoms in total. The van der Waals surface area contributed by atoms with E-state index in [1.807, 2.05) is 0 Å². The first-order valence-corrected chi connectivity index (χ1v) is 8.03. The number of anilines is 1. The van der Waals surface area contributed by atoms with Gasteiger partial charge in [-0.25, -0.2) is 8.42 Å². The van der Waals surface area contributed by atoms with Crippen LogP contribution in [0.25, 0.3) is 0 Å². The van der Waals surface area contributed by atoms with Crippen molar-refractivity contribution < 1.29 is 13.2 Å². The summed E-state index contributed by atoms with van der Waals surface area (Å²) in [6, 6.07) is 4.38. The van der Waals surface area contributed by atoms with Crippen LogP contribution < -0.4 is 5.73 Å². The topological polar surface area (TPSA) is 80.5 Å². The predicted octanol–water partition coefficient (Wildman–Crippen LogP) is 1.18. The molecule has 1 heterocycles. The molecule has 2 N–H and O–H groups in total. The second kappa shape index (κ2) is 5.02. The highest BCUT2D eigenvalue weighted by molar-refractivity contribution is 7.91. The van der Waals surface area contributed by atoms with Crippen LogP contribution in [0.4, 0.5) is 5.69 Å². The van der Waals surface area contributed by atoms with Gasteiger partial charge in [0.15, 0.2) is 9.84 Å². The van der Waals surface area contributed by atoms with E-state index in [1.165, 1.54) is 11.0 Å². The second-order valence-electron chi connectivity index (χ2n) is 4.71. The summed E-state index contributed by atoms with van der Waals surface area (Å²) < 4.78 is 22.9. The maximum absolute atomic E-state index is 12.2. The van der Waals surface area contributed by atoms with E-state index in [-0.39, 0.29) is 23.5 Å². The van der Waals surface area contributed by atoms with Gasteiger partial charge in [-0.1, -0.05) is 11.6 Å². The lowest BCUT2D eigenvalue weighted by Gasteiger charge is -2.23. The molecule has 1 aromatic carbocycles. The molecule has 1 aliphatic heterocycles. The minimum absolute atomic E-state index is 0.0257. The van der Waals surface area contributed by atoms with Crippen LogP contribution in [0.15, 0.2) is 18.2 Å². The van der Waals surface area contributed by atoms with E-state index >= 15 is 0 Å². The highest BCUT2D eigenvalue weighted by Gasteiger charge is 2.33. The first-order valence-electron chi connectivity index (χ1n) is 5.83. The van der Waals surface area contributed by atoms with Gasteiger partial charge < -0.3 is 10.6 Å². The van der Waals surface area contributed by atoms with Gasteiger partial charge in [-0.15, -0.1) is 0 Å². The van der Waals surface area contributed by atoms with E-state index in [0.717, 1.165) is 0 Å². The Bertz CT molecular complexity index is 615. The Morgan fingerprint density at radius 1 is 1.47 bits per heavy atom. The molecular formula is C12H15ClN2O3S. The summed E-state index contributed by atoms with van der Waals surface area (Å²) >= 11 is 5.88. The number of hydrogen-bond donors (Lipinski definition) is 1. The van der Waals surface area contributed by atoms with E-state index < -0.39 is 9.84 Å². The zero-order chi connectivity index (χ0) is 14.2. The van der Waals surface area contributed by atoms with Gasteiger partial charge in [-0.3, -0.25) is 4.79 Å². The molecule has 19 heavy (non-hydrogen) atoms. The molecule has 0 bridgehead atoms. The Balaban J connectivity index is 2.17. The van der Waals surface area contributed by atoms with Gasteiger partial charge in [0.1, 0.15) is 0 Å². The van der Waals surface area contributed by atoms with Crippen molar-refractivity contribution in [2.45, 2.75) is 12.5 Å². The largest absolute Gasteiger partial charge is 0.398 e. The number of nitrogen functional groups attached to an aromatic ring is 1. The molecule has 1 unspecified atom stereocenters. The summed E-state index contributed by atoms with van der Waals surface area (Å²) in [5.74, 6) is -0.0839. The number of halogens is 1. The van der Waals surface area contributed by atoms with Crippen LogP contribution in [0.2, 0.25) is 5.02 Å². The molecule has 0 aliphatic carbocycles. The quantitative estimate of drug-likeness (QED) is 0.832. The normalized spacial score (nSPS) is 21.3. The van der Waals surface area contributed by atoms with Crippen molar-refractivity contribution in [3.8, 4) is 0 Å². The minimum atomic E-state index is -3.01. The van der Waals surface area contributed by atoms with Crippen LogP contribution in [-0.2, 0) is 9.84 Å². The Hall–Kier alpha value is -1.27. The number of nitrogens with zero attached hydrogens (tertiary/aromatic N) is 1. The fourth-order valence-corrected chi connectivity index (χ4v) is 4.07. The Morgan fingerprint density at radius 3 is 2.68 bits per heavy atom. The van der Waals surface area contributed by atoms with Crippen molar-refractivity contribution in [2.75, 3.05) is 24.3 Å². The molecule has 1 amide bonds. The molecule has 0 saturated carbocycles. The lowest BCUT2D eigenvalue weighted by atomic mass is 10.1. The number of carbonyl (C=O) groups excluding carboxylic acids is 1. The number of carbonyl (C=O) groups is 1. The molecule has 7 heteroatoms. The lowest BCUT2D eigenvalue weighted by Crippen LogP contribution is -2.37. The van der Waals surface area contributed by atoms with Gasteiger partial charge in [0.2, 0.25) is 0 Å². The van der Waals surface area contributed by atoms with E-state index in [0.29, 0.717) is 22.7 Å². The zero-order valence-corrected chi connectivity index (χ0v) is 12.0. The van der Waals surface area contributed by atoms with Gasteiger partial charge in [0.05, 0.1) is 22.2 Å². The first-order chi connectivity index (χ1) is 8.80. The van der Waals surface area contributed by atoms with Crippen molar-refractivity contribution in [1.29, 1.82) is 0 Å². The zero-order valence-electron chi connectivity index (χ0n) is 10.5. The first kappa shape index (κ1) is 14.1. The van der Waals surface area contributed by atoms with Gasteiger partial charge in [0, 0.05) is 18.7 Å². The molecule has 0 aromatic heterocycles. The maximum atomic E-state index is 12.2. The van der Waals surface area contributed by atoms with Crippen molar-refractivity contribution >= 4 is 33.0 Å². The molecule has 1 saturated heterocycles. The molecule has 104 valence electrons. The molecule has 1 atom stereocenters. The maximum Gasteiger partial charge on any atom is 0.253 e. The summed E-state index contributed by atoms with van der Waals surface area (Å²) in [7, 11) is -1.40. The Morgan fingerprint density at radius 2 is 2.16 bits per heavy atom. The van der Waals surface area contributed by atoms with Crippen LogP contribution in [-0.4, -0.2) is 43.8 Å². The number of nitrogens with two attached hydrogens (primary N) is 1. The van der Waals surface area contributed by atoms with Gasteiger partial charge >= 0.3 is 0 Å². The van der Waals surface area contributed by atoms with Crippen molar-refractivity contribution in [1.82, 2.24) is 4.90 Å². The third kappa shape index (κ3) is 3.01. The fraction of sp³-hybridized carbons (Fsp3) is 0.417. The summed E-state index contributed by atoms with van der Waals surface area (Å²) in [6.45, 7) is 0. The third-order valence-electron chi connectivity index (χ3n) is 3.32. The molecule has 2 rings (SSSR count). The summed E-state index contributed by atoms with van der Waals surface area (Å²) in [5, 5.41) is 0.318. The average molecular weight is 303 g/mol. The van der Waals surface area contributed by atoms with Crippen LogP contribution in [0.5, 0.6) is 0 Å². The fourth-order valence-electron chi connectivity index (χ4n) is 2.11. The van der Waals surface area contributed by atoms with Crippen LogP contribution in [0.3, 0.4) is 0 Å². The van der Waals surface area contributed by atoms with Gasteiger partial charge in [0.25, 0.3) is 5.91 Å². The number of amides is 1. The molecule has 0 spiro atoms. The van der Waals surface area contributed by atoms with Crippen LogP contribution in [0.1, 0.15) is 16.8 Å². The lowest BCUT2D eigenvalue weighted by molar-refractivity contribution is 0.0747.